The molecule has 1 rings (SSSR count). The van der Waals surface area contributed by atoms with E-state index in [2.05, 4.69) is 10.6 Å². The van der Waals surface area contributed by atoms with Crippen molar-refractivity contribution in [1.82, 2.24) is 10.6 Å². The van der Waals surface area contributed by atoms with Gasteiger partial charge >= 0.3 is 0 Å². The van der Waals surface area contributed by atoms with Gasteiger partial charge in [0.2, 0.25) is 5.91 Å². The lowest BCUT2D eigenvalue weighted by atomic mass is 10.2. The number of carbonyl (C=O) groups is 1. The maximum atomic E-state index is 11.4. The zero-order chi connectivity index (χ0) is 11.6. The molecule has 1 heterocycles. The van der Waals surface area contributed by atoms with E-state index >= 15 is 0 Å². The molecule has 102 valence electrons. The monoisotopic (exact) mass is 266 g/mol. The summed E-state index contributed by atoms with van der Waals surface area (Å²) >= 11 is 0. The fourth-order valence-corrected chi connectivity index (χ4v) is 1.67. The molecule has 0 bridgehead atoms. The van der Waals surface area contributed by atoms with Crippen molar-refractivity contribution in [3.8, 4) is 0 Å². The molecule has 1 aliphatic heterocycles. The first kappa shape index (κ1) is 16.6. The Labute approximate surface area is 109 Å². The van der Waals surface area contributed by atoms with E-state index in [4.69, 9.17) is 9.47 Å². The molecule has 2 N–H and O–H groups in total. The third-order valence-electron chi connectivity index (χ3n) is 2.54. The Morgan fingerprint density at radius 3 is 2.88 bits per heavy atom. The lowest BCUT2D eigenvalue weighted by Crippen LogP contribution is -2.34. The standard InChI is InChI=1S/C11H22N2O3.ClH/c1-15-8-6-12-4-5-13-11(14)9-10-3-2-7-16-10;/h10,12H,2-9H2,1H3,(H,13,14);1H. The molecule has 17 heavy (non-hydrogen) atoms. The van der Waals surface area contributed by atoms with Crippen LogP contribution in [0.15, 0.2) is 0 Å². The van der Waals surface area contributed by atoms with E-state index in [-0.39, 0.29) is 24.4 Å². The Balaban J connectivity index is 0.00000256. The molecule has 0 saturated carbocycles. The number of carbonyl (C=O) groups excluding carboxylic acids is 1. The zero-order valence-corrected chi connectivity index (χ0v) is 11.2. The molecule has 0 radical (unpaired) electrons. The summed E-state index contributed by atoms with van der Waals surface area (Å²) in [6.45, 7) is 3.76. The van der Waals surface area contributed by atoms with Crippen molar-refractivity contribution in [3.63, 3.8) is 0 Å². The third kappa shape index (κ3) is 8.37. The first-order chi connectivity index (χ1) is 7.83. The van der Waals surface area contributed by atoms with E-state index in [1.54, 1.807) is 7.11 Å². The lowest BCUT2D eigenvalue weighted by Gasteiger charge is -2.10. The highest BCUT2D eigenvalue weighted by molar-refractivity contribution is 5.85. The van der Waals surface area contributed by atoms with Gasteiger partial charge in [0, 0.05) is 33.4 Å². The van der Waals surface area contributed by atoms with E-state index in [1.165, 1.54) is 0 Å². The number of methoxy groups -OCH3 is 1. The molecule has 1 aliphatic rings. The second-order valence-corrected chi connectivity index (χ2v) is 3.93. The van der Waals surface area contributed by atoms with Gasteiger partial charge < -0.3 is 20.1 Å². The van der Waals surface area contributed by atoms with Crippen LogP contribution in [0.25, 0.3) is 0 Å². The smallest absolute Gasteiger partial charge is 0.222 e. The molecule has 1 unspecified atom stereocenters. The first-order valence-electron chi connectivity index (χ1n) is 5.91. The van der Waals surface area contributed by atoms with E-state index in [0.717, 1.165) is 32.5 Å². The molecule has 1 fully saturated rings. The fourth-order valence-electron chi connectivity index (χ4n) is 1.67. The Hall–Kier alpha value is -0.360. The van der Waals surface area contributed by atoms with E-state index in [9.17, 15) is 4.79 Å². The molecule has 1 amide bonds. The summed E-state index contributed by atoms with van der Waals surface area (Å²) in [7, 11) is 1.67. The molecule has 1 atom stereocenters. The summed E-state index contributed by atoms with van der Waals surface area (Å²) in [5.41, 5.74) is 0. The highest BCUT2D eigenvalue weighted by Gasteiger charge is 2.18. The van der Waals surface area contributed by atoms with Gasteiger partial charge in [0.25, 0.3) is 0 Å². The molecular weight excluding hydrogens is 244 g/mol. The van der Waals surface area contributed by atoms with Gasteiger partial charge in [0.1, 0.15) is 0 Å². The van der Waals surface area contributed by atoms with E-state index < -0.39 is 0 Å². The van der Waals surface area contributed by atoms with Crippen LogP contribution < -0.4 is 10.6 Å². The maximum absolute atomic E-state index is 11.4. The van der Waals surface area contributed by atoms with Crippen LogP contribution in [0.1, 0.15) is 19.3 Å². The summed E-state index contributed by atoms with van der Waals surface area (Å²) in [6, 6.07) is 0. The number of hydrogen-bond acceptors (Lipinski definition) is 4. The van der Waals surface area contributed by atoms with Gasteiger partial charge in [0.15, 0.2) is 0 Å². The summed E-state index contributed by atoms with van der Waals surface area (Å²) < 4.78 is 10.3. The minimum Gasteiger partial charge on any atom is -0.383 e. The number of amides is 1. The van der Waals surface area contributed by atoms with Gasteiger partial charge in [-0.1, -0.05) is 0 Å². The maximum Gasteiger partial charge on any atom is 0.222 e. The number of nitrogens with one attached hydrogen (secondary N) is 2. The Morgan fingerprint density at radius 1 is 1.41 bits per heavy atom. The minimum absolute atomic E-state index is 0. The number of ether oxygens (including phenoxy) is 2. The highest BCUT2D eigenvalue weighted by Crippen LogP contribution is 2.14. The number of halogens is 1. The summed E-state index contributed by atoms with van der Waals surface area (Å²) in [5, 5.41) is 6.03. The normalized spacial score (nSPS) is 18.8. The van der Waals surface area contributed by atoms with Crippen molar-refractivity contribution >= 4 is 18.3 Å². The quantitative estimate of drug-likeness (QED) is 0.622. The molecule has 1 saturated heterocycles. The molecule has 5 nitrogen and oxygen atoms in total. The molecule has 0 aromatic heterocycles. The second kappa shape index (κ2) is 10.8. The van der Waals surface area contributed by atoms with Crippen LogP contribution in [-0.4, -0.2) is 52.0 Å². The average Bonchev–Trinajstić information content (AvgIpc) is 2.76. The Bertz CT molecular complexity index is 199. The average molecular weight is 267 g/mol. The predicted molar refractivity (Wildman–Crippen MR) is 68.6 cm³/mol. The number of rotatable bonds is 8. The second-order valence-electron chi connectivity index (χ2n) is 3.93. The van der Waals surface area contributed by atoms with Crippen LogP contribution in [-0.2, 0) is 14.3 Å². The van der Waals surface area contributed by atoms with Gasteiger partial charge in [-0.05, 0) is 12.8 Å². The van der Waals surface area contributed by atoms with Gasteiger partial charge in [-0.2, -0.15) is 0 Å². The van der Waals surface area contributed by atoms with Crippen molar-refractivity contribution in [1.29, 1.82) is 0 Å². The fraction of sp³-hybridized carbons (Fsp3) is 0.909. The van der Waals surface area contributed by atoms with Crippen molar-refractivity contribution in [2.75, 3.05) is 40.0 Å². The van der Waals surface area contributed by atoms with Gasteiger partial charge in [-0.15, -0.1) is 12.4 Å². The van der Waals surface area contributed by atoms with Gasteiger partial charge in [0.05, 0.1) is 19.1 Å². The van der Waals surface area contributed by atoms with Crippen molar-refractivity contribution in [3.05, 3.63) is 0 Å². The minimum atomic E-state index is 0. The predicted octanol–water partition coefficient (Wildman–Crippen LogP) is 0.329. The summed E-state index contributed by atoms with van der Waals surface area (Å²) in [4.78, 5) is 11.4. The van der Waals surface area contributed by atoms with Crippen LogP contribution in [0.5, 0.6) is 0 Å². The van der Waals surface area contributed by atoms with Crippen LogP contribution >= 0.6 is 12.4 Å². The SMILES string of the molecule is COCCNCCNC(=O)CC1CCCO1.Cl. The zero-order valence-electron chi connectivity index (χ0n) is 10.4. The largest absolute Gasteiger partial charge is 0.383 e. The highest BCUT2D eigenvalue weighted by atomic mass is 35.5. The molecule has 6 heteroatoms. The summed E-state index contributed by atoms with van der Waals surface area (Å²) in [6.07, 6.45) is 2.73. The topological polar surface area (TPSA) is 59.6 Å². The van der Waals surface area contributed by atoms with Crippen molar-refractivity contribution < 1.29 is 14.3 Å². The van der Waals surface area contributed by atoms with Crippen molar-refractivity contribution in [2.24, 2.45) is 0 Å². The van der Waals surface area contributed by atoms with Crippen molar-refractivity contribution in [2.45, 2.75) is 25.4 Å². The van der Waals surface area contributed by atoms with Crippen LogP contribution in [0, 0.1) is 0 Å². The molecule has 0 aromatic rings. The molecular formula is C11H23ClN2O3. The van der Waals surface area contributed by atoms with E-state index in [1.807, 2.05) is 0 Å². The number of hydrogen-bond donors (Lipinski definition) is 2. The lowest BCUT2D eigenvalue weighted by molar-refractivity contribution is -0.123. The van der Waals surface area contributed by atoms with Gasteiger partial charge in [-0.3, -0.25) is 4.79 Å². The Morgan fingerprint density at radius 2 is 2.24 bits per heavy atom. The van der Waals surface area contributed by atoms with E-state index in [0.29, 0.717) is 19.6 Å². The van der Waals surface area contributed by atoms with Crippen LogP contribution in [0.3, 0.4) is 0 Å². The molecule has 0 aliphatic carbocycles. The van der Waals surface area contributed by atoms with Crippen LogP contribution in [0.2, 0.25) is 0 Å². The third-order valence-corrected chi connectivity index (χ3v) is 2.54. The first-order valence-corrected chi connectivity index (χ1v) is 5.91. The molecule has 0 spiro atoms. The Kier molecular flexibility index (Phi) is 10.5. The summed E-state index contributed by atoms with van der Waals surface area (Å²) in [5.74, 6) is 0.0837. The van der Waals surface area contributed by atoms with Gasteiger partial charge in [-0.25, -0.2) is 0 Å². The molecule has 0 aromatic carbocycles. The van der Waals surface area contributed by atoms with Crippen LogP contribution in [0.4, 0.5) is 0 Å².